The summed E-state index contributed by atoms with van der Waals surface area (Å²) in [6.07, 6.45) is 4.85. The van der Waals surface area contributed by atoms with Crippen LogP contribution >= 0.6 is 15.9 Å². The summed E-state index contributed by atoms with van der Waals surface area (Å²) < 4.78 is 2.49. The second kappa shape index (κ2) is 5.93. The van der Waals surface area contributed by atoms with E-state index >= 15 is 0 Å². The van der Waals surface area contributed by atoms with E-state index in [4.69, 9.17) is 0 Å². The molecule has 1 aromatic carbocycles. The second-order valence-electron chi connectivity index (χ2n) is 5.43. The Hall–Kier alpha value is -1.76. The average molecular weight is 350 g/mol. The Bertz CT molecular complexity index is 624. The lowest BCUT2D eigenvalue weighted by atomic mass is 9.64. The third-order valence-corrected chi connectivity index (χ3v) is 4.56. The van der Waals surface area contributed by atoms with Crippen LogP contribution in [0.2, 0.25) is 0 Å². The SMILES string of the molecule is O=C(Cn1cnnn1)NCC1(c2cccc(Br)c2)CCC1. The van der Waals surface area contributed by atoms with E-state index in [2.05, 4.69) is 48.9 Å². The van der Waals surface area contributed by atoms with Crippen LogP contribution in [0.25, 0.3) is 0 Å². The average Bonchev–Trinajstić information content (AvgIpc) is 2.90. The summed E-state index contributed by atoms with van der Waals surface area (Å²) >= 11 is 3.51. The minimum absolute atomic E-state index is 0.0661. The Labute approximate surface area is 131 Å². The standard InChI is InChI=1S/C14H16BrN5O/c15-12-4-1-3-11(7-12)14(5-2-6-14)9-16-13(21)8-20-10-17-18-19-20/h1,3-4,7,10H,2,5-6,8-9H2,(H,16,21). The molecule has 1 heterocycles. The van der Waals surface area contributed by atoms with E-state index in [1.165, 1.54) is 23.0 Å². The quantitative estimate of drug-likeness (QED) is 0.891. The van der Waals surface area contributed by atoms with Crippen molar-refractivity contribution in [1.82, 2.24) is 25.5 Å². The van der Waals surface area contributed by atoms with Gasteiger partial charge in [-0.25, -0.2) is 4.68 Å². The number of tetrazole rings is 1. The van der Waals surface area contributed by atoms with Crippen LogP contribution in [-0.2, 0) is 16.8 Å². The topological polar surface area (TPSA) is 72.7 Å². The molecule has 1 saturated carbocycles. The molecule has 1 aliphatic rings. The Morgan fingerprint density at radius 1 is 1.43 bits per heavy atom. The highest BCUT2D eigenvalue weighted by Crippen LogP contribution is 2.43. The first kappa shape index (κ1) is 14.2. The number of carbonyl (C=O) groups excluding carboxylic acids is 1. The Kier molecular flexibility index (Phi) is 4.01. The first-order chi connectivity index (χ1) is 10.2. The zero-order valence-electron chi connectivity index (χ0n) is 11.5. The van der Waals surface area contributed by atoms with E-state index < -0.39 is 0 Å². The van der Waals surface area contributed by atoms with E-state index in [0.717, 1.165) is 17.3 Å². The van der Waals surface area contributed by atoms with Gasteiger partial charge in [0.05, 0.1) is 0 Å². The maximum Gasteiger partial charge on any atom is 0.241 e. The van der Waals surface area contributed by atoms with Crippen molar-refractivity contribution in [1.29, 1.82) is 0 Å². The fraction of sp³-hybridized carbons (Fsp3) is 0.429. The van der Waals surface area contributed by atoms with E-state index in [1.54, 1.807) is 0 Å². The summed E-state index contributed by atoms with van der Waals surface area (Å²) in [6.45, 7) is 0.811. The van der Waals surface area contributed by atoms with Gasteiger partial charge in [-0.2, -0.15) is 0 Å². The van der Waals surface area contributed by atoms with Crippen LogP contribution in [0.5, 0.6) is 0 Å². The van der Waals surface area contributed by atoms with Gasteiger partial charge in [-0.3, -0.25) is 4.79 Å². The van der Waals surface area contributed by atoms with Crippen molar-refractivity contribution in [3.05, 3.63) is 40.6 Å². The zero-order valence-corrected chi connectivity index (χ0v) is 13.1. The predicted molar refractivity (Wildman–Crippen MR) is 80.5 cm³/mol. The third kappa shape index (κ3) is 3.12. The van der Waals surface area contributed by atoms with Crippen LogP contribution < -0.4 is 5.32 Å². The van der Waals surface area contributed by atoms with Gasteiger partial charge >= 0.3 is 0 Å². The zero-order chi connectivity index (χ0) is 14.7. The van der Waals surface area contributed by atoms with Crippen molar-refractivity contribution >= 4 is 21.8 Å². The normalized spacial score (nSPS) is 16.2. The van der Waals surface area contributed by atoms with Gasteiger partial charge < -0.3 is 5.32 Å². The lowest BCUT2D eigenvalue weighted by Gasteiger charge is -2.42. The summed E-state index contributed by atoms with van der Waals surface area (Å²) in [6, 6.07) is 8.35. The van der Waals surface area contributed by atoms with Gasteiger partial charge in [0.25, 0.3) is 0 Å². The van der Waals surface area contributed by atoms with Gasteiger partial charge in [0.1, 0.15) is 12.9 Å². The van der Waals surface area contributed by atoms with Crippen LogP contribution in [0.3, 0.4) is 0 Å². The molecule has 6 nitrogen and oxygen atoms in total. The molecule has 110 valence electrons. The Balaban J connectivity index is 1.63. The highest BCUT2D eigenvalue weighted by Gasteiger charge is 2.38. The summed E-state index contributed by atoms with van der Waals surface area (Å²) in [7, 11) is 0. The molecule has 1 aliphatic carbocycles. The lowest BCUT2D eigenvalue weighted by molar-refractivity contribution is -0.122. The summed E-state index contributed by atoms with van der Waals surface area (Å²) in [5, 5.41) is 13.7. The van der Waals surface area contributed by atoms with Gasteiger partial charge in [-0.15, -0.1) is 5.10 Å². The van der Waals surface area contributed by atoms with Gasteiger partial charge in [0.15, 0.2) is 0 Å². The van der Waals surface area contributed by atoms with Crippen LogP contribution in [0.4, 0.5) is 0 Å². The molecule has 1 fully saturated rings. The minimum atomic E-state index is -0.0661. The second-order valence-corrected chi connectivity index (χ2v) is 6.34. The van der Waals surface area contributed by atoms with Gasteiger partial charge in [-0.1, -0.05) is 34.5 Å². The highest BCUT2D eigenvalue weighted by molar-refractivity contribution is 9.10. The minimum Gasteiger partial charge on any atom is -0.354 e. The number of carbonyl (C=O) groups is 1. The molecule has 0 bridgehead atoms. The monoisotopic (exact) mass is 349 g/mol. The van der Waals surface area contributed by atoms with Crippen LogP contribution in [-0.4, -0.2) is 32.7 Å². The molecule has 0 saturated heterocycles. The molecule has 21 heavy (non-hydrogen) atoms. The molecular weight excluding hydrogens is 334 g/mol. The number of aromatic nitrogens is 4. The summed E-state index contributed by atoms with van der Waals surface area (Å²) in [4.78, 5) is 12.0. The van der Waals surface area contributed by atoms with E-state index in [1.807, 2.05) is 12.1 Å². The largest absolute Gasteiger partial charge is 0.354 e. The van der Waals surface area contributed by atoms with Crippen molar-refractivity contribution < 1.29 is 4.79 Å². The van der Waals surface area contributed by atoms with Crippen LogP contribution in [0.1, 0.15) is 24.8 Å². The molecule has 0 spiro atoms. The fourth-order valence-electron chi connectivity index (χ4n) is 2.71. The number of nitrogens with one attached hydrogen (secondary N) is 1. The molecule has 1 amide bonds. The number of halogens is 1. The van der Waals surface area contributed by atoms with Gasteiger partial charge in [0.2, 0.25) is 5.91 Å². The van der Waals surface area contributed by atoms with Gasteiger partial charge in [0, 0.05) is 16.4 Å². The van der Waals surface area contributed by atoms with Crippen LogP contribution in [0.15, 0.2) is 35.1 Å². The molecule has 1 N–H and O–H groups in total. The first-order valence-corrected chi connectivity index (χ1v) is 7.71. The smallest absolute Gasteiger partial charge is 0.241 e. The number of rotatable bonds is 5. The molecule has 2 aromatic rings. The van der Waals surface area contributed by atoms with E-state index in [9.17, 15) is 4.79 Å². The number of nitrogens with zero attached hydrogens (tertiary/aromatic N) is 4. The molecule has 7 heteroatoms. The number of amides is 1. The number of hydrogen-bond acceptors (Lipinski definition) is 4. The Morgan fingerprint density at radius 3 is 2.90 bits per heavy atom. The van der Waals surface area contributed by atoms with Crippen molar-refractivity contribution in [2.45, 2.75) is 31.2 Å². The van der Waals surface area contributed by atoms with E-state index in [0.29, 0.717) is 6.54 Å². The van der Waals surface area contributed by atoms with E-state index in [-0.39, 0.29) is 17.9 Å². The maximum atomic E-state index is 12.0. The first-order valence-electron chi connectivity index (χ1n) is 6.91. The third-order valence-electron chi connectivity index (χ3n) is 4.07. The number of benzene rings is 1. The van der Waals surface area contributed by atoms with Crippen molar-refractivity contribution in [2.24, 2.45) is 0 Å². The predicted octanol–water partition coefficient (Wildman–Crippen LogP) is 1.67. The molecule has 0 atom stereocenters. The van der Waals surface area contributed by atoms with Crippen molar-refractivity contribution in [3.8, 4) is 0 Å². The van der Waals surface area contributed by atoms with Crippen molar-refractivity contribution in [2.75, 3.05) is 6.54 Å². The molecule has 1 aromatic heterocycles. The van der Waals surface area contributed by atoms with Crippen LogP contribution in [0, 0.1) is 0 Å². The lowest BCUT2D eigenvalue weighted by Crippen LogP contribution is -2.46. The molecular formula is C14H16BrN5O. The summed E-state index contributed by atoms with van der Waals surface area (Å²) in [5.74, 6) is -0.0661. The summed E-state index contributed by atoms with van der Waals surface area (Å²) in [5.41, 5.74) is 1.35. The molecule has 3 rings (SSSR count). The molecule has 0 aliphatic heterocycles. The Morgan fingerprint density at radius 2 is 2.29 bits per heavy atom. The fourth-order valence-corrected chi connectivity index (χ4v) is 3.11. The molecule has 0 unspecified atom stereocenters. The van der Waals surface area contributed by atoms with Crippen molar-refractivity contribution in [3.63, 3.8) is 0 Å². The number of hydrogen-bond donors (Lipinski definition) is 1. The maximum absolute atomic E-state index is 12.0. The molecule has 0 radical (unpaired) electrons. The van der Waals surface area contributed by atoms with Gasteiger partial charge in [-0.05, 0) is 41.0 Å². The highest BCUT2D eigenvalue weighted by atomic mass is 79.9.